The third kappa shape index (κ3) is 1.99. The molecule has 124 valence electrons. The zero-order valence-corrected chi connectivity index (χ0v) is 13.9. The zero-order chi connectivity index (χ0) is 16.5. The number of hydrogen-bond acceptors (Lipinski definition) is 3. The molecular weight excluding hydrogens is 329 g/mol. The quantitative estimate of drug-likeness (QED) is 0.890. The summed E-state index contributed by atoms with van der Waals surface area (Å²) in [4.78, 5) is 0. The second-order valence-electron chi connectivity index (χ2n) is 6.96. The number of benzene rings is 2. The van der Waals surface area contributed by atoms with Gasteiger partial charge in [-0.25, -0.2) is 4.39 Å². The number of para-hydroxylation sites is 1. The van der Waals surface area contributed by atoms with E-state index in [9.17, 15) is 4.39 Å². The van der Waals surface area contributed by atoms with E-state index in [0.717, 1.165) is 18.8 Å². The molecule has 2 fully saturated rings. The van der Waals surface area contributed by atoms with Crippen molar-refractivity contribution in [2.75, 3.05) is 13.1 Å². The molecule has 1 saturated carbocycles. The summed E-state index contributed by atoms with van der Waals surface area (Å²) in [6, 6.07) is 10.5. The Kier molecular flexibility index (Phi) is 2.95. The summed E-state index contributed by atoms with van der Waals surface area (Å²) < 4.78 is 26.6. The molecule has 1 aliphatic carbocycles. The maximum absolute atomic E-state index is 14.4. The van der Waals surface area contributed by atoms with Crippen LogP contribution in [0.1, 0.15) is 24.0 Å². The van der Waals surface area contributed by atoms with Crippen molar-refractivity contribution < 1.29 is 13.9 Å². The van der Waals surface area contributed by atoms with Gasteiger partial charge in [0.05, 0.1) is 5.56 Å². The van der Waals surface area contributed by atoms with Crippen molar-refractivity contribution in [3.05, 3.63) is 58.4 Å². The Morgan fingerprint density at radius 3 is 2.71 bits per heavy atom. The van der Waals surface area contributed by atoms with E-state index < -0.39 is 11.6 Å². The predicted octanol–water partition coefficient (Wildman–Crippen LogP) is 4.06. The number of fused-ring (bicyclic) bond motifs is 2. The Hall–Kier alpha value is -1.78. The van der Waals surface area contributed by atoms with Gasteiger partial charge in [-0.3, -0.25) is 0 Å². The van der Waals surface area contributed by atoms with E-state index in [1.807, 2.05) is 12.1 Å². The average Bonchev–Trinajstić information content (AvgIpc) is 2.89. The third-order valence-corrected chi connectivity index (χ3v) is 5.72. The van der Waals surface area contributed by atoms with E-state index in [4.69, 9.17) is 21.1 Å². The van der Waals surface area contributed by atoms with Crippen molar-refractivity contribution in [3.8, 4) is 11.5 Å². The molecule has 2 aromatic carbocycles. The Balaban J connectivity index is 1.52. The number of piperidine rings is 1. The van der Waals surface area contributed by atoms with Gasteiger partial charge in [0, 0.05) is 17.5 Å². The van der Waals surface area contributed by atoms with Gasteiger partial charge >= 0.3 is 0 Å². The normalized spacial score (nSPS) is 32.7. The van der Waals surface area contributed by atoms with Gasteiger partial charge in [0.15, 0.2) is 11.5 Å². The summed E-state index contributed by atoms with van der Waals surface area (Å²) in [5.74, 6) is 1.72. The topological polar surface area (TPSA) is 30.5 Å². The molecule has 5 heteroatoms. The van der Waals surface area contributed by atoms with Crippen LogP contribution < -0.4 is 14.8 Å². The summed E-state index contributed by atoms with van der Waals surface area (Å²) in [6.45, 7) is 3.87. The molecule has 0 bridgehead atoms. The lowest BCUT2D eigenvalue weighted by Gasteiger charge is -2.24. The van der Waals surface area contributed by atoms with Crippen molar-refractivity contribution in [1.82, 2.24) is 5.32 Å². The van der Waals surface area contributed by atoms with Crippen LogP contribution in [-0.4, -0.2) is 13.1 Å². The van der Waals surface area contributed by atoms with Gasteiger partial charge in [-0.15, -0.1) is 0 Å². The van der Waals surface area contributed by atoms with Gasteiger partial charge < -0.3 is 14.8 Å². The minimum Gasteiger partial charge on any atom is -0.444 e. The summed E-state index contributed by atoms with van der Waals surface area (Å²) in [5, 5.41) is 3.77. The van der Waals surface area contributed by atoms with Crippen molar-refractivity contribution in [1.29, 1.82) is 0 Å². The van der Waals surface area contributed by atoms with Gasteiger partial charge in [-0.2, -0.15) is 0 Å². The van der Waals surface area contributed by atoms with Crippen molar-refractivity contribution in [2.45, 2.75) is 18.6 Å². The Morgan fingerprint density at radius 1 is 1.17 bits per heavy atom. The first-order chi connectivity index (χ1) is 11.6. The molecule has 0 amide bonds. The van der Waals surface area contributed by atoms with Gasteiger partial charge in [0.25, 0.3) is 5.79 Å². The molecule has 0 radical (unpaired) electrons. The second-order valence-corrected chi connectivity index (χ2v) is 7.40. The molecular formula is C19H17ClFNO2. The molecule has 4 atom stereocenters. The van der Waals surface area contributed by atoms with Gasteiger partial charge in [-0.1, -0.05) is 23.7 Å². The highest BCUT2D eigenvalue weighted by Gasteiger charge is 2.55. The molecule has 3 aliphatic rings. The number of nitrogens with one attached hydrogen (secondary N) is 1. The molecule has 3 nitrogen and oxygen atoms in total. The number of halogens is 2. The molecule has 1 unspecified atom stereocenters. The lowest BCUT2D eigenvalue weighted by molar-refractivity contribution is -0.0710. The fourth-order valence-corrected chi connectivity index (χ4v) is 4.42. The fraction of sp³-hybridized carbons (Fsp3) is 0.368. The molecule has 0 spiro atoms. The van der Waals surface area contributed by atoms with Crippen LogP contribution in [-0.2, 0) is 5.79 Å². The predicted molar refractivity (Wildman–Crippen MR) is 89.1 cm³/mol. The van der Waals surface area contributed by atoms with Crippen LogP contribution in [0.3, 0.4) is 0 Å². The van der Waals surface area contributed by atoms with Crippen LogP contribution in [0.2, 0.25) is 5.02 Å². The van der Waals surface area contributed by atoms with Gasteiger partial charge in [-0.05, 0) is 55.1 Å². The van der Waals surface area contributed by atoms with Gasteiger partial charge in [0.2, 0.25) is 0 Å². The minimum atomic E-state index is -1.17. The highest BCUT2D eigenvalue weighted by atomic mass is 35.5. The lowest BCUT2D eigenvalue weighted by atomic mass is 10.1. The molecule has 2 aliphatic heterocycles. The van der Waals surface area contributed by atoms with Gasteiger partial charge in [0.1, 0.15) is 5.82 Å². The standard InChI is InChI=1S/C19H17ClFNO2/c1-19(14-6-5-10(20)7-15(14)21)23-16-4-2-3-11(18(16)24-19)17-12-8-22-9-13(12)17/h2-7,12-13,17,22H,8-9H2,1H3/t12-,13+,17-,19?. The molecule has 1 saturated heterocycles. The van der Waals surface area contributed by atoms with E-state index in [1.54, 1.807) is 19.1 Å². The minimum absolute atomic E-state index is 0.353. The highest BCUT2D eigenvalue weighted by molar-refractivity contribution is 6.30. The van der Waals surface area contributed by atoms with Crippen LogP contribution in [0.4, 0.5) is 4.39 Å². The first kappa shape index (κ1) is 14.6. The molecule has 2 aromatic rings. The molecule has 24 heavy (non-hydrogen) atoms. The van der Waals surface area contributed by atoms with E-state index in [0.29, 0.717) is 34.1 Å². The van der Waals surface area contributed by atoms with Crippen LogP contribution in [0, 0.1) is 17.7 Å². The Bertz CT molecular complexity index is 832. The van der Waals surface area contributed by atoms with Crippen LogP contribution >= 0.6 is 11.6 Å². The van der Waals surface area contributed by atoms with E-state index >= 15 is 0 Å². The Morgan fingerprint density at radius 2 is 1.96 bits per heavy atom. The molecule has 1 N–H and O–H groups in total. The summed E-state index contributed by atoms with van der Waals surface area (Å²) in [5.41, 5.74) is 1.54. The maximum atomic E-state index is 14.4. The van der Waals surface area contributed by atoms with E-state index in [1.165, 1.54) is 11.6 Å². The number of ether oxygens (including phenoxy) is 2. The third-order valence-electron chi connectivity index (χ3n) is 5.48. The number of hydrogen-bond donors (Lipinski definition) is 1. The lowest BCUT2D eigenvalue weighted by Crippen LogP contribution is -2.32. The summed E-state index contributed by atoms with van der Waals surface area (Å²) in [6.07, 6.45) is 0. The highest BCUT2D eigenvalue weighted by Crippen LogP contribution is 2.60. The maximum Gasteiger partial charge on any atom is 0.278 e. The summed E-state index contributed by atoms with van der Waals surface area (Å²) in [7, 11) is 0. The van der Waals surface area contributed by atoms with Crippen molar-refractivity contribution in [2.24, 2.45) is 11.8 Å². The van der Waals surface area contributed by atoms with E-state index in [-0.39, 0.29) is 0 Å². The van der Waals surface area contributed by atoms with E-state index in [2.05, 4.69) is 11.4 Å². The Labute approximate surface area is 144 Å². The summed E-state index contributed by atoms with van der Waals surface area (Å²) >= 11 is 5.86. The molecule has 5 rings (SSSR count). The number of rotatable bonds is 2. The SMILES string of the molecule is CC1(c2ccc(Cl)cc2F)Oc2cccc([C@@H]3[C@@H]4CNC[C@@H]43)c2O1. The average molecular weight is 346 g/mol. The first-order valence-corrected chi connectivity index (χ1v) is 8.62. The monoisotopic (exact) mass is 345 g/mol. The van der Waals surface area contributed by atoms with Crippen molar-refractivity contribution in [3.63, 3.8) is 0 Å². The molecule has 2 heterocycles. The smallest absolute Gasteiger partial charge is 0.278 e. The first-order valence-electron chi connectivity index (χ1n) is 8.24. The van der Waals surface area contributed by atoms with Crippen LogP contribution in [0.25, 0.3) is 0 Å². The second kappa shape index (κ2) is 4.87. The van der Waals surface area contributed by atoms with Crippen LogP contribution in [0.5, 0.6) is 11.5 Å². The largest absolute Gasteiger partial charge is 0.444 e. The zero-order valence-electron chi connectivity index (χ0n) is 13.2. The van der Waals surface area contributed by atoms with Crippen molar-refractivity contribution >= 4 is 11.6 Å². The van der Waals surface area contributed by atoms with Crippen LogP contribution in [0.15, 0.2) is 36.4 Å². The fourth-order valence-electron chi connectivity index (χ4n) is 4.26. The molecule has 0 aromatic heterocycles.